The first-order valence-corrected chi connectivity index (χ1v) is 8.96. The summed E-state index contributed by atoms with van der Waals surface area (Å²) >= 11 is 0. The van der Waals surface area contributed by atoms with Crippen LogP contribution in [0.1, 0.15) is 33.2 Å². The molecule has 0 spiro atoms. The van der Waals surface area contributed by atoms with Gasteiger partial charge in [0.05, 0.1) is 12.2 Å². The first kappa shape index (κ1) is 19.8. The molecule has 148 valence electrons. The Morgan fingerprint density at radius 2 is 1.62 bits per heavy atom. The number of rotatable bonds is 7. The number of hydrogen-bond acceptors (Lipinski definition) is 6. The maximum absolute atomic E-state index is 12.4. The Hall–Kier alpha value is -3.94. The lowest BCUT2D eigenvalue weighted by Gasteiger charge is -2.14. The van der Waals surface area contributed by atoms with Crippen LogP contribution in [-0.2, 0) is 6.61 Å². The molecule has 3 rings (SSSR count). The molecular formula is C21H20N4O4. The minimum atomic E-state index is -0.483. The molecule has 0 atom stereocenters. The van der Waals surface area contributed by atoms with E-state index in [1.54, 1.807) is 48.9 Å². The summed E-state index contributed by atoms with van der Waals surface area (Å²) in [5.41, 5.74) is 6.34. The first-order chi connectivity index (χ1) is 14.2. The van der Waals surface area contributed by atoms with Crippen molar-refractivity contribution >= 4 is 11.8 Å². The van der Waals surface area contributed by atoms with E-state index in [0.29, 0.717) is 35.8 Å². The van der Waals surface area contributed by atoms with Crippen molar-refractivity contribution in [1.82, 2.24) is 20.8 Å². The summed E-state index contributed by atoms with van der Waals surface area (Å²) in [6.45, 7) is 2.59. The zero-order chi connectivity index (χ0) is 20.5. The predicted molar refractivity (Wildman–Crippen MR) is 105 cm³/mol. The van der Waals surface area contributed by atoms with Gasteiger partial charge in [-0.3, -0.25) is 30.4 Å². The molecule has 3 aromatic rings. The van der Waals surface area contributed by atoms with Crippen molar-refractivity contribution in [3.05, 3.63) is 83.9 Å². The molecule has 0 unspecified atom stereocenters. The number of amides is 2. The standard InChI is InChI=1S/C21H20N4O4/c1-2-28-19-12-16(5-6-18(19)29-14-15-7-10-22-11-8-15)20(26)24-25-21(27)17-4-3-9-23-13-17/h3-13H,2,14H2,1H3,(H,24,26)(H,25,27). The summed E-state index contributed by atoms with van der Waals surface area (Å²) in [5.74, 6) is 0.00469. The number of ether oxygens (including phenoxy) is 2. The molecule has 2 aromatic heterocycles. The van der Waals surface area contributed by atoms with Crippen molar-refractivity contribution in [2.75, 3.05) is 6.61 Å². The third-order valence-corrected chi connectivity index (χ3v) is 3.86. The zero-order valence-corrected chi connectivity index (χ0v) is 15.8. The molecule has 0 saturated heterocycles. The molecule has 0 fully saturated rings. The Labute approximate surface area is 167 Å². The number of hydrogen-bond donors (Lipinski definition) is 2. The summed E-state index contributed by atoms with van der Waals surface area (Å²) < 4.78 is 11.4. The third kappa shape index (κ3) is 5.52. The predicted octanol–water partition coefficient (Wildman–Crippen LogP) is 2.53. The fraction of sp³-hybridized carbons (Fsp3) is 0.143. The van der Waals surface area contributed by atoms with Gasteiger partial charge in [0.1, 0.15) is 6.61 Å². The van der Waals surface area contributed by atoms with Gasteiger partial charge in [0, 0.05) is 30.4 Å². The maximum atomic E-state index is 12.4. The van der Waals surface area contributed by atoms with E-state index in [1.165, 1.54) is 6.20 Å². The van der Waals surface area contributed by atoms with Crippen molar-refractivity contribution in [3.8, 4) is 11.5 Å². The highest BCUT2D eigenvalue weighted by Gasteiger charge is 2.13. The van der Waals surface area contributed by atoms with Crippen LogP contribution in [0.15, 0.2) is 67.3 Å². The molecule has 0 bridgehead atoms. The Bertz CT molecular complexity index is 965. The van der Waals surface area contributed by atoms with Gasteiger partial charge < -0.3 is 9.47 Å². The van der Waals surface area contributed by atoms with Gasteiger partial charge in [-0.1, -0.05) is 0 Å². The van der Waals surface area contributed by atoms with Crippen LogP contribution < -0.4 is 20.3 Å². The number of nitrogens with zero attached hydrogens (tertiary/aromatic N) is 2. The lowest BCUT2D eigenvalue weighted by atomic mass is 10.2. The first-order valence-electron chi connectivity index (χ1n) is 8.96. The van der Waals surface area contributed by atoms with E-state index in [4.69, 9.17) is 9.47 Å². The monoisotopic (exact) mass is 392 g/mol. The molecule has 2 heterocycles. The Kier molecular flexibility index (Phi) is 6.72. The average molecular weight is 392 g/mol. The second-order valence-electron chi connectivity index (χ2n) is 5.89. The number of carbonyl (C=O) groups excluding carboxylic acids is 2. The molecule has 0 saturated carbocycles. The van der Waals surface area contributed by atoms with E-state index in [2.05, 4.69) is 20.8 Å². The number of hydrazine groups is 1. The van der Waals surface area contributed by atoms with E-state index in [9.17, 15) is 9.59 Å². The normalized spacial score (nSPS) is 10.1. The van der Waals surface area contributed by atoms with Crippen LogP contribution in [0, 0.1) is 0 Å². The number of aromatic nitrogens is 2. The lowest BCUT2D eigenvalue weighted by Crippen LogP contribution is -2.41. The van der Waals surface area contributed by atoms with Gasteiger partial charge in [-0.2, -0.15) is 0 Å². The number of benzene rings is 1. The zero-order valence-electron chi connectivity index (χ0n) is 15.8. The van der Waals surface area contributed by atoms with E-state index in [0.717, 1.165) is 5.56 Å². The van der Waals surface area contributed by atoms with Crippen molar-refractivity contribution in [3.63, 3.8) is 0 Å². The number of nitrogens with one attached hydrogen (secondary N) is 2. The second kappa shape index (κ2) is 9.84. The smallest absolute Gasteiger partial charge is 0.271 e. The third-order valence-electron chi connectivity index (χ3n) is 3.86. The Balaban J connectivity index is 1.65. The highest BCUT2D eigenvalue weighted by atomic mass is 16.5. The van der Waals surface area contributed by atoms with Crippen molar-refractivity contribution < 1.29 is 19.1 Å². The van der Waals surface area contributed by atoms with Crippen LogP contribution in [0.5, 0.6) is 11.5 Å². The average Bonchev–Trinajstić information content (AvgIpc) is 2.78. The van der Waals surface area contributed by atoms with Crippen molar-refractivity contribution in [2.45, 2.75) is 13.5 Å². The Morgan fingerprint density at radius 1 is 0.862 bits per heavy atom. The van der Waals surface area contributed by atoms with Gasteiger partial charge in [0.15, 0.2) is 11.5 Å². The molecule has 1 aromatic carbocycles. The van der Waals surface area contributed by atoms with Crippen molar-refractivity contribution in [2.24, 2.45) is 0 Å². The van der Waals surface area contributed by atoms with Crippen LogP contribution in [0.25, 0.3) is 0 Å². The van der Waals surface area contributed by atoms with Crippen LogP contribution >= 0.6 is 0 Å². The van der Waals surface area contributed by atoms with Crippen LogP contribution in [0.2, 0.25) is 0 Å². The summed E-state index contributed by atoms with van der Waals surface area (Å²) in [6.07, 6.45) is 6.34. The molecule has 0 radical (unpaired) electrons. The quantitative estimate of drug-likeness (QED) is 0.599. The maximum Gasteiger partial charge on any atom is 0.271 e. The number of carbonyl (C=O) groups is 2. The highest BCUT2D eigenvalue weighted by Crippen LogP contribution is 2.29. The summed E-state index contributed by atoms with van der Waals surface area (Å²) in [7, 11) is 0. The van der Waals surface area contributed by atoms with Gasteiger partial charge in [-0.05, 0) is 55.0 Å². The highest BCUT2D eigenvalue weighted by molar-refractivity contribution is 5.99. The molecule has 2 N–H and O–H groups in total. The molecule has 0 aliphatic rings. The van der Waals surface area contributed by atoms with E-state index in [1.807, 2.05) is 19.1 Å². The summed E-state index contributed by atoms with van der Waals surface area (Å²) in [4.78, 5) is 32.2. The van der Waals surface area contributed by atoms with E-state index in [-0.39, 0.29) is 0 Å². The van der Waals surface area contributed by atoms with Crippen LogP contribution in [0.4, 0.5) is 0 Å². The van der Waals surface area contributed by atoms with Gasteiger partial charge >= 0.3 is 0 Å². The largest absolute Gasteiger partial charge is 0.490 e. The van der Waals surface area contributed by atoms with Gasteiger partial charge in [-0.25, -0.2) is 0 Å². The van der Waals surface area contributed by atoms with Gasteiger partial charge in [0.25, 0.3) is 11.8 Å². The van der Waals surface area contributed by atoms with Crippen LogP contribution in [0.3, 0.4) is 0 Å². The molecule has 2 amide bonds. The molecule has 8 nitrogen and oxygen atoms in total. The van der Waals surface area contributed by atoms with Crippen molar-refractivity contribution in [1.29, 1.82) is 0 Å². The number of pyridine rings is 2. The molecule has 29 heavy (non-hydrogen) atoms. The van der Waals surface area contributed by atoms with E-state index < -0.39 is 11.8 Å². The van der Waals surface area contributed by atoms with Gasteiger partial charge in [-0.15, -0.1) is 0 Å². The van der Waals surface area contributed by atoms with Gasteiger partial charge in [0.2, 0.25) is 0 Å². The fourth-order valence-corrected chi connectivity index (χ4v) is 2.43. The SMILES string of the molecule is CCOc1cc(C(=O)NNC(=O)c2cccnc2)ccc1OCc1ccncc1. The summed E-state index contributed by atoms with van der Waals surface area (Å²) in [5, 5.41) is 0. The van der Waals surface area contributed by atoms with E-state index >= 15 is 0 Å². The minimum Gasteiger partial charge on any atom is -0.490 e. The minimum absolute atomic E-state index is 0.316. The lowest BCUT2D eigenvalue weighted by molar-refractivity contribution is 0.0846. The summed E-state index contributed by atoms with van der Waals surface area (Å²) in [6, 6.07) is 11.8. The fourth-order valence-electron chi connectivity index (χ4n) is 2.43. The molecule has 0 aliphatic carbocycles. The molecule has 0 aliphatic heterocycles. The topological polar surface area (TPSA) is 102 Å². The molecule has 8 heteroatoms. The molecular weight excluding hydrogens is 372 g/mol. The Morgan fingerprint density at radius 3 is 2.31 bits per heavy atom. The second-order valence-corrected chi connectivity index (χ2v) is 5.89. The van der Waals surface area contributed by atoms with Crippen LogP contribution in [-0.4, -0.2) is 28.4 Å².